The van der Waals surface area contributed by atoms with Crippen LogP contribution in [0.5, 0.6) is 11.6 Å². The first kappa shape index (κ1) is 23.7. The van der Waals surface area contributed by atoms with E-state index in [0.29, 0.717) is 12.2 Å². The summed E-state index contributed by atoms with van der Waals surface area (Å²) < 4.78 is 30.2. The van der Waals surface area contributed by atoms with E-state index in [9.17, 15) is 9.18 Å². The summed E-state index contributed by atoms with van der Waals surface area (Å²) in [6, 6.07) is 15.7. The molecule has 1 saturated heterocycles. The Labute approximate surface area is 198 Å². The molecule has 1 aliphatic heterocycles. The third-order valence-electron chi connectivity index (χ3n) is 5.59. The van der Waals surface area contributed by atoms with E-state index >= 15 is 0 Å². The van der Waals surface area contributed by atoms with Crippen LogP contribution in [0.25, 0.3) is 11.1 Å². The number of hydrogen-bond donors (Lipinski definition) is 1. The van der Waals surface area contributed by atoms with Crippen molar-refractivity contribution in [3.05, 3.63) is 77.7 Å². The second-order valence-corrected chi connectivity index (χ2v) is 8.00. The Kier molecular flexibility index (Phi) is 8.06. The lowest BCUT2D eigenvalue weighted by atomic mass is 10.0. The average molecular weight is 466 g/mol. The van der Waals surface area contributed by atoms with E-state index in [2.05, 4.69) is 15.2 Å². The number of ether oxygens (including phenoxy) is 3. The van der Waals surface area contributed by atoms with Gasteiger partial charge in [0, 0.05) is 49.6 Å². The molecule has 2 aromatic carbocycles. The number of carbonyl (C=O) groups is 1. The second-order valence-electron chi connectivity index (χ2n) is 8.00. The van der Waals surface area contributed by atoms with Crippen LogP contribution in [0.15, 0.2) is 60.8 Å². The lowest BCUT2D eigenvalue weighted by Gasteiger charge is -2.26. The lowest BCUT2D eigenvalue weighted by Crippen LogP contribution is -2.38. The standard InChI is InChI=1S/C26H28FN3O4/c1-19-16-20(6-8-24(19)33-15-12-30-10-13-32-14-11-30)21-7-9-25(28-17-21)34-26(31)29-18-22-4-2-3-5-23(22)27/h2-9,16-17H,10-15,18H2,1H3,(H,29,31). The molecule has 1 fully saturated rings. The molecule has 1 aromatic heterocycles. The van der Waals surface area contributed by atoms with E-state index in [4.69, 9.17) is 14.2 Å². The van der Waals surface area contributed by atoms with Crippen molar-refractivity contribution in [2.45, 2.75) is 13.5 Å². The van der Waals surface area contributed by atoms with Gasteiger partial charge < -0.3 is 19.5 Å². The van der Waals surface area contributed by atoms with Gasteiger partial charge in [-0.25, -0.2) is 14.2 Å². The Morgan fingerprint density at radius 3 is 2.65 bits per heavy atom. The first-order valence-corrected chi connectivity index (χ1v) is 11.3. The zero-order valence-corrected chi connectivity index (χ0v) is 19.1. The average Bonchev–Trinajstić information content (AvgIpc) is 2.86. The Balaban J connectivity index is 1.28. The number of nitrogens with one attached hydrogen (secondary N) is 1. The van der Waals surface area contributed by atoms with Crippen LogP contribution >= 0.6 is 0 Å². The minimum Gasteiger partial charge on any atom is -0.492 e. The predicted molar refractivity (Wildman–Crippen MR) is 126 cm³/mol. The Morgan fingerprint density at radius 2 is 1.91 bits per heavy atom. The quantitative estimate of drug-likeness (QED) is 0.538. The highest BCUT2D eigenvalue weighted by Gasteiger charge is 2.11. The maximum Gasteiger partial charge on any atom is 0.414 e. The van der Waals surface area contributed by atoms with Gasteiger partial charge in [-0.3, -0.25) is 4.90 Å². The molecule has 8 heteroatoms. The molecule has 0 saturated carbocycles. The molecule has 0 spiro atoms. The highest BCUT2D eigenvalue weighted by atomic mass is 19.1. The summed E-state index contributed by atoms with van der Waals surface area (Å²) in [4.78, 5) is 18.6. The number of pyridine rings is 1. The van der Waals surface area contributed by atoms with Gasteiger partial charge in [-0.2, -0.15) is 0 Å². The van der Waals surface area contributed by atoms with Crippen molar-refractivity contribution < 1.29 is 23.4 Å². The number of aromatic nitrogens is 1. The molecule has 0 atom stereocenters. The number of morpholine rings is 1. The number of rotatable bonds is 8. The number of amides is 1. The van der Waals surface area contributed by atoms with E-state index in [1.807, 2.05) is 31.2 Å². The molecular weight excluding hydrogens is 437 g/mol. The monoisotopic (exact) mass is 465 g/mol. The molecule has 34 heavy (non-hydrogen) atoms. The van der Waals surface area contributed by atoms with Gasteiger partial charge >= 0.3 is 6.09 Å². The van der Waals surface area contributed by atoms with E-state index in [1.165, 1.54) is 6.07 Å². The first-order chi connectivity index (χ1) is 16.6. The fourth-order valence-electron chi connectivity index (χ4n) is 3.65. The van der Waals surface area contributed by atoms with Gasteiger partial charge in [0.15, 0.2) is 0 Å². The third-order valence-corrected chi connectivity index (χ3v) is 5.59. The SMILES string of the molecule is Cc1cc(-c2ccc(OC(=O)NCc3ccccc3F)nc2)ccc1OCCN1CCOCC1. The topological polar surface area (TPSA) is 72.9 Å². The smallest absolute Gasteiger partial charge is 0.414 e. The van der Waals surface area contributed by atoms with Crippen molar-refractivity contribution in [3.63, 3.8) is 0 Å². The van der Waals surface area contributed by atoms with E-state index < -0.39 is 6.09 Å². The van der Waals surface area contributed by atoms with Gasteiger partial charge in [-0.1, -0.05) is 24.3 Å². The van der Waals surface area contributed by atoms with E-state index in [-0.39, 0.29) is 18.2 Å². The fraction of sp³-hybridized carbons (Fsp3) is 0.308. The molecular formula is C26H28FN3O4. The summed E-state index contributed by atoms with van der Waals surface area (Å²) in [6.07, 6.45) is 0.950. The Hall–Kier alpha value is -3.49. The number of halogens is 1. The van der Waals surface area contributed by atoms with Gasteiger partial charge in [0.25, 0.3) is 0 Å². The number of aryl methyl sites for hydroxylation is 1. The molecule has 178 valence electrons. The largest absolute Gasteiger partial charge is 0.492 e. The van der Waals surface area contributed by atoms with Crippen LogP contribution in [0.4, 0.5) is 9.18 Å². The van der Waals surface area contributed by atoms with Crippen LogP contribution in [0.1, 0.15) is 11.1 Å². The highest BCUT2D eigenvalue weighted by molar-refractivity contribution is 5.70. The van der Waals surface area contributed by atoms with Crippen molar-refractivity contribution in [2.24, 2.45) is 0 Å². The van der Waals surface area contributed by atoms with Crippen LogP contribution in [0.3, 0.4) is 0 Å². The van der Waals surface area contributed by atoms with Crippen molar-refractivity contribution in [1.29, 1.82) is 0 Å². The zero-order chi connectivity index (χ0) is 23.8. The van der Waals surface area contributed by atoms with Crippen LogP contribution in [-0.2, 0) is 11.3 Å². The summed E-state index contributed by atoms with van der Waals surface area (Å²) in [5.41, 5.74) is 3.29. The van der Waals surface area contributed by atoms with Crippen molar-refractivity contribution in [2.75, 3.05) is 39.5 Å². The molecule has 0 radical (unpaired) electrons. The summed E-state index contributed by atoms with van der Waals surface area (Å²) in [6.45, 7) is 7.01. The van der Waals surface area contributed by atoms with Crippen molar-refractivity contribution in [3.8, 4) is 22.8 Å². The maximum atomic E-state index is 13.6. The maximum absolute atomic E-state index is 13.6. The van der Waals surface area contributed by atoms with Crippen LogP contribution in [0, 0.1) is 12.7 Å². The molecule has 0 bridgehead atoms. The van der Waals surface area contributed by atoms with Crippen molar-refractivity contribution in [1.82, 2.24) is 15.2 Å². The van der Waals surface area contributed by atoms with Crippen LogP contribution in [-0.4, -0.2) is 55.4 Å². The Bertz CT molecular complexity index is 1100. The van der Waals surface area contributed by atoms with E-state index in [0.717, 1.165) is 55.3 Å². The molecule has 0 aliphatic carbocycles. The van der Waals surface area contributed by atoms with Gasteiger partial charge in [0.05, 0.1) is 13.2 Å². The lowest BCUT2D eigenvalue weighted by molar-refractivity contribution is 0.0322. The summed E-state index contributed by atoms with van der Waals surface area (Å²) in [7, 11) is 0. The highest BCUT2D eigenvalue weighted by Crippen LogP contribution is 2.26. The molecule has 7 nitrogen and oxygen atoms in total. The number of benzene rings is 2. The third kappa shape index (κ3) is 6.52. The van der Waals surface area contributed by atoms with Gasteiger partial charge in [-0.05, 0) is 42.3 Å². The summed E-state index contributed by atoms with van der Waals surface area (Å²) >= 11 is 0. The fourth-order valence-corrected chi connectivity index (χ4v) is 3.65. The minimum atomic E-state index is -0.696. The molecule has 0 unspecified atom stereocenters. The zero-order valence-electron chi connectivity index (χ0n) is 19.1. The molecule has 2 heterocycles. The summed E-state index contributed by atoms with van der Waals surface area (Å²) in [5, 5.41) is 2.52. The molecule has 1 N–H and O–H groups in total. The number of nitrogens with zero attached hydrogens (tertiary/aromatic N) is 2. The van der Waals surface area contributed by atoms with Crippen molar-refractivity contribution >= 4 is 6.09 Å². The second kappa shape index (κ2) is 11.6. The molecule has 1 amide bonds. The minimum absolute atomic E-state index is 0.0315. The molecule has 3 aromatic rings. The van der Waals surface area contributed by atoms with Gasteiger partial charge in [0.2, 0.25) is 5.88 Å². The number of carbonyl (C=O) groups excluding carboxylic acids is 1. The van der Waals surface area contributed by atoms with Gasteiger partial charge in [-0.15, -0.1) is 0 Å². The molecule has 4 rings (SSSR count). The molecule has 1 aliphatic rings. The normalized spacial score (nSPS) is 13.9. The van der Waals surface area contributed by atoms with Crippen LogP contribution in [0.2, 0.25) is 0 Å². The Morgan fingerprint density at radius 1 is 1.12 bits per heavy atom. The first-order valence-electron chi connectivity index (χ1n) is 11.3. The predicted octanol–water partition coefficient (Wildman–Crippen LogP) is 4.20. The summed E-state index contributed by atoms with van der Waals surface area (Å²) in [5.74, 6) is 0.639. The number of hydrogen-bond acceptors (Lipinski definition) is 6. The van der Waals surface area contributed by atoms with Gasteiger partial charge in [0.1, 0.15) is 18.2 Å². The van der Waals surface area contributed by atoms with E-state index in [1.54, 1.807) is 30.5 Å². The van der Waals surface area contributed by atoms with Crippen LogP contribution < -0.4 is 14.8 Å².